The fourth-order valence-electron chi connectivity index (χ4n) is 3.93. The summed E-state index contributed by atoms with van der Waals surface area (Å²) in [6, 6.07) is 5.95. The Labute approximate surface area is 191 Å². The number of hydrogen-bond donors (Lipinski definition) is 2. The van der Waals surface area contributed by atoms with Crippen LogP contribution in [0.5, 0.6) is 11.6 Å². The van der Waals surface area contributed by atoms with Crippen molar-refractivity contribution in [3.63, 3.8) is 0 Å². The van der Waals surface area contributed by atoms with Gasteiger partial charge in [-0.25, -0.2) is 14.5 Å². The SMILES string of the molecule is Cc1cnc2cc1-c1ccc3c(c1NC(=O)NS(=O)(=O)c1ccn(n1)C(C)(C)CO2)CCO3. The number of sulfonamides is 1. The molecule has 2 aliphatic heterocycles. The molecule has 5 rings (SSSR count). The summed E-state index contributed by atoms with van der Waals surface area (Å²) in [5.41, 5.74) is 3.00. The number of hydrogen-bond acceptors (Lipinski definition) is 7. The standard InChI is InChI=1S/C22H23N5O5S/c1-13-11-23-18-10-16(13)14-4-5-17-15(7-9-31-17)20(14)24-21(28)26-33(29,30)19-6-8-27(25-19)22(2,3)12-32-18/h4-6,8,10-11H,7,9,12H2,1-3H3,(H2,24,26,28). The van der Waals surface area contributed by atoms with Crippen LogP contribution >= 0.6 is 0 Å². The minimum absolute atomic E-state index is 0.194. The van der Waals surface area contributed by atoms with Crippen LogP contribution in [0.3, 0.4) is 0 Å². The van der Waals surface area contributed by atoms with Crippen molar-refractivity contribution in [1.82, 2.24) is 19.5 Å². The first-order chi connectivity index (χ1) is 15.6. The van der Waals surface area contributed by atoms with E-state index in [1.165, 1.54) is 16.9 Å². The molecule has 172 valence electrons. The number of urea groups is 1. The number of nitrogens with zero attached hydrogens (tertiary/aromatic N) is 3. The van der Waals surface area contributed by atoms with Gasteiger partial charge in [0.25, 0.3) is 10.0 Å². The van der Waals surface area contributed by atoms with E-state index in [1.807, 2.05) is 39.0 Å². The molecule has 0 radical (unpaired) electrons. The Bertz CT molecular complexity index is 1380. The molecule has 0 aliphatic carbocycles. The van der Waals surface area contributed by atoms with E-state index in [-0.39, 0.29) is 11.6 Å². The number of amides is 2. The van der Waals surface area contributed by atoms with E-state index < -0.39 is 21.6 Å². The average molecular weight is 470 g/mol. The van der Waals surface area contributed by atoms with Gasteiger partial charge in [-0.05, 0) is 50.1 Å². The Morgan fingerprint density at radius 2 is 1.97 bits per heavy atom. The van der Waals surface area contributed by atoms with Crippen molar-refractivity contribution in [3.8, 4) is 22.8 Å². The van der Waals surface area contributed by atoms with Crippen molar-refractivity contribution in [1.29, 1.82) is 0 Å². The summed E-state index contributed by atoms with van der Waals surface area (Å²) in [5, 5.41) is 6.64. The first-order valence-corrected chi connectivity index (χ1v) is 11.9. The first kappa shape index (κ1) is 21.3. The van der Waals surface area contributed by atoms with Crippen LogP contribution < -0.4 is 19.5 Å². The molecule has 3 aromatic rings. The number of anilines is 1. The van der Waals surface area contributed by atoms with Gasteiger partial charge in [0.2, 0.25) is 5.88 Å². The molecule has 0 saturated carbocycles. The van der Waals surface area contributed by atoms with Gasteiger partial charge >= 0.3 is 6.03 Å². The van der Waals surface area contributed by atoms with Crippen LogP contribution in [0.25, 0.3) is 11.1 Å². The predicted octanol–water partition coefficient (Wildman–Crippen LogP) is 2.83. The number of carbonyl (C=O) groups excluding carboxylic acids is 1. The topological polar surface area (TPSA) is 124 Å². The second-order valence-corrected chi connectivity index (χ2v) is 10.3. The van der Waals surface area contributed by atoms with Gasteiger partial charge in [0.15, 0.2) is 5.03 Å². The van der Waals surface area contributed by atoms with Crippen LogP contribution in [0.15, 0.2) is 41.7 Å². The van der Waals surface area contributed by atoms with Gasteiger partial charge in [0, 0.05) is 36.0 Å². The second-order valence-electron chi connectivity index (χ2n) is 8.66. The lowest BCUT2D eigenvalue weighted by molar-refractivity contribution is 0.164. The fraction of sp³-hybridized carbons (Fsp3) is 0.318. The molecule has 2 aromatic heterocycles. The lowest BCUT2D eigenvalue weighted by atomic mass is 9.96. The van der Waals surface area contributed by atoms with E-state index in [0.717, 1.165) is 16.7 Å². The van der Waals surface area contributed by atoms with Crippen molar-refractivity contribution in [2.45, 2.75) is 37.8 Å². The molecule has 10 nitrogen and oxygen atoms in total. The molecule has 0 unspecified atom stereocenters. The van der Waals surface area contributed by atoms with Gasteiger partial charge in [-0.15, -0.1) is 0 Å². The van der Waals surface area contributed by atoms with Crippen LogP contribution in [0, 0.1) is 6.92 Å². The summed E-state index contributed by atoms with van der Waals surface area (Å²) in [7, 11) is -4.20. The summed E-state index contributed by atoms with van der Waals surface area (Å²) in [6.45, 7) is 6.31. The maximum Gasteiger partial charge on any atom is 0.333 e. The van der Waals surface area contributed by atoms with Crippen LogP contribution in [-0.2, 0) is 22.0 Å². The Morgan fingerprint density at radius 1 is 1.15 bits per heavy atom. The second kappa shape index (κ2) is 7.48. The molecule has 0 saturated heterocycles. The highest BCUT2D eigenvalue weighted by molar-refractivity contribution is 7.90. The molecular weight excluding hydrogens is 446 g/mol. The van der Waals surface area contributed by atoms with Crippen LogP contribution in [0.4, 0.5) is 10.5 Å². The Kier molecular flexibility index (Phi) is 4.82. The largest absolute Gasteiger partial charge is 0.493 e. The molecule has 4 heterocycles. The number of aryl methyl sites for hydroxylation is 1. The number of nitrogens with one attached hydrogen (secondary N) is 2. The molecule has 2 amide bonds. The zero-order valence-electron chi connectivity index (χ0n) is 18.4. The number of carbonyl (C=O) groups is 1. The minimum Gasteiger partial charge on any atom is -0.493 e. The van der Waals surface area contributed by atoms with Crippen molar-refractivity contribution < 1.29 is 22.7 Å². The predicted molar refractivity (Wildman–Crippen MR) is 120 cm³/mol. The highest BCUT2D eigenvalue weighted by Crippen LogP contribution is 2.41. The molecule has 0 atom stereocenters. The van der Waals surface area contributed by atoms with Crippen LogP contribution in [-0.4, -0.2) is 42.4 Å². The summed E-state index contributed by atoms with van der Waals surface area (Å²) >= 11 is 0. The van der Waals surface area contributed by atoms with Gasteiger partial charge in [-0.2, -0.15) is 13.5 Å². The van der Waals surface area contributed by atoms with Crippen molar-refractivity contribution in [3.05, 3.63) is 47.8 Å². The normalized spacial score (nSPS) is 18.3. The lowest BCUT2D eigenvalue weighted by Crippen LogP contribution is -2.36. The van der Waals surface area contributed by atoms with Gasteiger partial charge in [-0.3, -0.25) is 4.68 Å². The summed E-state index contributed by atoms with van der Waals surface area (Å²) < 4.78 is 40.8. The van der Waals surface area contributed by atoms with E-state index in [2.05, 4.69) is 20.1 Å². The van der Waals surface area contributed by atoms with E-state index in [1.54, 1.807) is 6.20 Å². The van der Waals surface area contributed by atoms with Crippen molar-refractivity contribution in [2.24, 2.45) is 0 Å². The maximum atomic E-state index is 12.8. The van der Waals surface area contributed by atoms with E-state index in [4.69, 9.17) is 9.47 Å². The highest BCUT2D eigenvalue weighted by Gasteiger charge is 2.29. The van der Waals surface area contributed by atoms with Gasteiger partial charge in [0.05, 0.1) is 17.8 Å². The van der Waals surface area contributed by atoms with E-state index >= 15 is 0 Å². The summed E-state index contributed by atoms with van der Waals surface area (Å²) in [4.78, 5) is 17.2. The molecule has 2 N–H and O–H groups in total. The number of rotatable bonds is 0. The zero-order chi connectivity index (χ0) is 23.4. The Morgan fingerprint density at radius 3 is 2.79 bits per heavy atom. The molecule has 2 aliphatic rings. The third-order valence-electron chi connectivity index (χ3n) is 5.75. The quantitative estimate of drug-likeness (QED) is 0.519. The zero-order valence-corrected chi connectivity index (χ0v) is 19.2. The summed E-state index contributed by atoms with van der Waals surface area (Å²) in [5.74, 6) is 1.06. The van der Waals surface area contributed by atoms with E-state index in [9.17, 15) is 13.2 Å². The average Bonchev–Trinajstić information content (AvgIpc) is 3.43. The number of fused-ring (bicyclic) bond motifs is 8. The molecule has 33 heavy (non-hydrogen) atoms. The van der Waals surface area contributed by atoms with Crippen molar-refractivity contribution in [2.75, 3.05) is 18.5 Å². The molecule has 0 fully saturated rings. The van der Waals surface area contributed by atoms with Crippen molar-refractivity contribution >= 4 is 21.7 Å². The monoisotopic (exact) mass is 469 g/mol. The molecule has 11 heteroatoms. The molecular formula is C22H23N5O5S. The Balaban J connectivity index is 1.69. The minimum atomic E-state index is -4.20. The van der Waals surface area contributed by atoms with Gasteiger partial charge in [-0.1, -0.05) is 0 Å². The molecule has 4 bridgehead atoms. The van der Waals surface area contributed by atoms with Gasteiger partial charge < -0.3 is 14.8 Å². The highest BCUT2D eigenvalue weighted by atomic mass is 32.2. The van der Waals surface area contributed by atoms with Crippen LogP contribution in [0.2, 0.25) is 0 Å². The fourth-order valence-corrected chi connectivity index (χ4v) is 4.77. The van der Waals surface area contributed by atoms with E-state index in [0.29, 0.717) is 35.9 Å². The van der Waals surface area contributed by atoms with Gasteiger partial charge in [0.1, 0.15) is 12.4 Å². The molecule has 1 aromatic carbocycles. The van der Waals surface area contributed by atoms with Crippen LogP contribution in [0.1, 0.15) is 25.0 Å². The third kappa shape index (κ3) is 3.78. The smallest absolute Gasteiger partial charge is 0.333 e. The number of ether oxygens (including phenoxy) is 2. The number of pyridine rings is 1. The molecule has 0 spiro atoms. The first-order valence-electron chi connectivity index (χ1n) is 10.4. The summed E-state index contributed by atoms with van der Waals surface area (Å²) in [6.07, 6.45) is 3.83. The number of aromatic nitrogens is 3. The lowest BCUT2D eigenvalue weighted by Gasteiger charge is -2.25. The number of benzene rings is 1. The maximum absolute atomic E-state index is 12.8. The third-order valence-corrected chi connectivity index (χ3v) is 6.97. The Hall–Kier alpha value is -3.60.